The summed E-state index contributed by atoms with van der Waals surface area (Å²) in [4.78, 5) is 26.2. The molecule has 0 saturated heterocycles. The first-order valence-corrected chi connectivity index (χ1v) is 16.1. The van der Waals surface area contributed by atoms with E-state index in [0.29, 0.717) is 12.0 Å². The van der Waals surface area contributed by atoms with Crippen LogP contribution in [0.25, 0.3) is 11.1 Å². The van der Waals surface area contributed by atoms with Gasteiger partial charge in [-0.2, -0.15) is 8.42 Å². The lowest BCUT2D eigenvalue weighted by Gasteiger charge is -2.20. The molecule has 0 saturated carbocycles. The molecular weight excluding hydrogens is 558 g/mol. The first kappa shape index (κ1) is 31.9. The molecule has 0 heterocycles. The van der Waals surface area contributed by atoms with E-state index in [9.17, 15) is 18.0 Å². The number of amides is 1. The summed E-state index contributed by atoms with van der Waals surface area (Å²) >= 11 is 0. The summed E-state index contributed by atoms with van der Waals surface area (Å²) < 4.78 is 30.8. The zero-order chi connectivity index (χ0) is 31.2. The minimum Gasteiger partial charge on any atom is -0.326 e. The molecule has 4 aromatic rings. The number of Topliss-reactive ketones (excluding diaryl/α,β-unsaturated/α-hetero) is 1. The Morgan fingerprint density at radius 2 is 1.44 bits per heavy atom. The zero-order valence-electron chi connectivity index (χ0n) is 25.1. The van der Waals surface area contributed by atoms with Crippen molar-refractivity contribution in [1.82, 2.24) is 0 Å². The Kier molecular flexibility index (Phi) is 9.99. The molecule has 0 aliphatic heterocycles. The van der Waals surface area contributed by atoms with Gasteiger partial charge in [-0.1, -0.05) is 106 Å². The van der Waals surface area contributed by atoms with Crippen LogP contribution in [0.2, 0.25) is 0 Å². The summed E-state index contributed by atoms with van der Waals surface area (Å²) in [7, 11) is -4.10. The molecule has 0 spiro atoms. The van der Waals surface area contributed by atoms with Gasteiger partial charge < -0.3 is 5.32 Å². The number of carbonyl (C=O) groups excluding carboxylic acids is 2. The molecule has 224 valence electrons. The van der Waals surface area contributed by atoms with E-state index < -0.39 is 21.8 Å². The standard InChI is InChI=1S/C36H39NO5S/c1-25-7-5-8-32(23-25)37-35(39)33(24-26-10-12-30(13-11-26)34(38)9-6-22-43(40,41)42)29-16-14-27(15-17-29)28-18-20-31(21-19-28)36(2,3)4/h5,7-8,10-21,23,33H,6,9,22,24H2,1-4H3,(H,37,39)(H,40,41,42). The van der Waals surface area contributed by atoms with Gasteiger partial charge in [0.2, 0.25) is 5.91 Å². The van der Waals surface area contributed by atoms with Gasteiger partial charge in [-0.15, -0.1) is 0 Å². The average molecular weight is 598 g/mol. The highest BCUT2D eigenvalue weighted by Crippen LogP contribution is 2.29. The third-order valence-corrected chi connectivity index (χ3v) is 8.33. The van der Waals surface area contributed by atoms with Gasteiger partial charge in [0.25, 0.3) is 10.1 Å². The first-order valence-electron chi connectivity index (χ1n) is 14.4. The number of aryl methyl sites for hydroxylation is 1. The quantitative estimate of drug-likeness (QED) is 0.136. The highest BCUT2D eigenvalue weighted by molar-refractivity contribution is 7.85. The minimum atomic E-state index is -4.10. The molecule has 0 aliphatic carbocycles. The molecule has 1 unspecified atom stereocenters. The fourth-order valence-corrected chi connectivity index (χ4v) is 5.52. The van der Waals surface area contributed by atoms with Crippen molar-refractivity contribution in [3.63, 3.8) is 0 Å². The third kappa shape index (κ3) is 9.21. The second kappa shape index (κ2) is 13.5. The molecule has 2 N–H and O–H groups in total. The van der Waals surface area contributed by atoms with Gasteiger partial charge in [0.15, 0.2) is 5.78 Å². The summed E-state index contributed by atoms with van der Waals surface area (Å²) in [5, 5.41) is 3.07. The molecule has 4 aromatic carbocycles. The summed E-state index contributed by atoms with van der Waals surface area (Å²) in [5.41, 5.74) is 7.54. The lowest BCUT2D eigenvalue weighted by molar-refractivity contribution is -0.117. The monoisotopic (exact) mass is 597 g/mol. The topological polar surface area (TPSA) is 101 Å². The lowest BCUT2D eigenvalue weighted by atomic mass is 9.86. The molecule has 1 amide bonds. The molecule has 0 bridgehead atoms. The van der Waals surface area contributed by atoms with E-state index in [1.54, 1.807) is 12.1 Å². The van der Waals surface area contributed by atoms with Crippen LogP contribution in [0.3, 0.4) is 0 Å². The predicted molar refractivity (Wildman–Crippen MR) is 173 cm³/mol. The number of benzene rings is 4. The van der Waals surface area contributed by atoms with Gasteiger partial charge in [0.05, 0.1) is 11.7 Å². The maximum absolute atomic E-state index is 13.7. The van der Waals surface area contributed by atoms with Crippen LogP contribution in [0, 0.1) is 6.92 Å². The fourth-order valence-electron chi connectivity index (χ4n) is 5.01. The van der Waals surface area contributed by atoms with E-state index in [-0.39, 0.29) is 29.9 Å². The molecule has 43 heavy (non-hydrogen) atoms. The van der Waals surface area contributed by atoms with Gasteiger partial charge in [-0.3, -0.25) is 14.1 Å². The van der Waals surface area contributed by atoms with E-state index in [1.165, 1.54) is 5.56 Å². The Bertz CT molecular complexity index is 1670. The van der Waals surface area contributed by atoms with E-state index in [1.807, 2.05) is 67.6 Å². The normalized spacial score (nSPS) is 12.5. The van der Waals surface area contributed by atoms with Crippen LogP contribution < -0.4 is 5.32 Å². The van der Waals surface area contributed by atoms with Gasteiger partial charge >= 0.3 is 0 Å². The summed E-state index contributed by atoms with van der Waals surface area (Å²) in [6.45, 7) is 8.55. The molecule has 4 rings (SSSR count). The Morgan fingerprint density at radius 3 is 2.00 bits per heavy atom. The molecule has 0 fully saturated rings. The van der Waals surface area contributed by atoms with Crippen LogP contribution in [0.5, 0.6) is 0 Å². The Labute approximate surface area is 254 Å². The molecule has 1 atom stereocenters. The fraction of sp³-hybridized carbons (Fsp3) is 0.278. The van der Waals surface area contributed by atoms with E-state index in [2.05, 4.69) is 50.4 Å². The van der Waals surface area contributed by atoms with Gasteiger partial charge in [0.1, 0.15) is 0 Å². The Balaban J connectivity index is 1.55. The number of anilines is 1. The van der Waals surface area contributed by atoms with Crippen LogP contribution in [0.4, 0.5) is 5.69 Å². The Hall–Kier alpha value is -4.07. The molecule has 0 radical (unpaired) electrons. The van der Waals surface area contributed by atoms with Crippen molar-refractivity contribution in [2.45, 2.75) is 58.3 Å². The van der Waals surface area contributed by atoms with Gasteiger partial charge in [-0.25, -0.2) is 0 Å². The van der Waals surface area contributed by atoms with Crippen molar-refractivity contribution in [2.24, 2.45) is 0 Å². The van der Waals surface area contributed by atoms with Crippen molar-refractivity contribution in [2.75, 3.05) is 11.1 Å². The SMILES string of the molecule is Cc1cccc(NC(=O)C(Cc2ccc(C(=O)CCCS(=O)(=O)O)cc2)c2ccc(-c3ccc(C(C)(C)C)cc3)cc2)c1. The van der Waals surface area contributed by atoms with E-state index in [0.717, 1.165) is 33.5 Å². The third-order valence-electron chi connectivity index (χ3n) is 7.52. The van der Waals surface area contributed by atoms with Crippen molar-refractivity contribution < 1.29 is 22.6 Å². The van der Waals surface area contributed by atoms with Crippen molar-refractivity contribution in [3.8, 4) is 11.1 Å². The predicted octanol–water partition coefficient (Wildman–Crippen LogP) is 7.78. The maximum Gasteiger partial charge on any atom is 0.264 e. The summed E-state index contributed by atoms with van der Waals surface area (Å²) in [6, 6.07) is 31.4. The highest BCUT2D eigenvalue weighted by atomic mass is 32.2. The molecule has 7 heteroatoms. The molecule has 0 aromatic heterocycles. The highest BCUT2D eigenvalue weighted by Gasteiger charge is 2.22. The molecule has 0 aliphatic rings. The second-order valence-electron chi connectivity index (χ2n) is 12.1. The van der Waals surface area contributed by atoms with Crippen LogP contribution in [0.1, 0.15) is 72.1 Å². The second-order valence-corrected chi connectivity index (χ2v) is 13.6. The largest absolute Gasteiger partial charge is 0.326 e. The number of ketones is 1. The smallest absolute Gasteiger partial charge is 0.264 e. The van der Waals surface area contributed by atoms with Crippen LogP contribution in [-0.4, -0.2) is 30.4 Å². The average Bonchev–Trinajstić information content (AvgIpc) is 2.95. The van der Waals surface area contributed by atoms with Crippen LogP contribution in [-0.2, 0) is 26.7 Å². The number of nitrogens with one attached hydrogen (secondary N) is 1. The number of rotatable bonds is 11. The molecule has 6 nitrogen and oxygen atoms in total. The first-order chi connectivity index (χ1) is 20.3. The summed E-state index contributed by atoms with van der Waals surface area (Å²) in [5.74, 6) is -1.25. The van der Waals surface area contributed by atoms with E-state index in [4.69, 9.17) is 4.55 Å². The number of hydrogen-bond donors (Lipinski definition) is 2. The minimum absolute atomic E-state index is 0.0198. The van der Waals surface area contributed by atoms with Crippen LogP contribution >= 0.6 is 0 Å². The van der Waals surface area contributed by atoms with E-state index >= 15 is 0 Å². The maximum atomic E-state index is 13.7. The van der Waals surface area contributed by atoms with Gasteiger partial charge in [0, 0.05) is 17.7 Å². The lowest BCUT2D eigenvalue weighted by Crippen LogP contribution is -2.23. The number of hydrogen-bond acceptors (Lipinski definition) is 4. The zero-order valence-corrected chi connectivity index (χ0v) is 25.9. The van der Waals surface area contributed by atoms with Crippen LogP contribution in [0.15, 0.2) is 97.1 Å². The Morgan fingerprint density at radius 1 is 0.837 bits per heavy atom. The summed E-state index contributed by atoms with van der Waals surface area (Å²) in [6.07, 6.45) is 0.498. The number of carbonyl (C=O) groups is 2. The van der Waals surface area contributed by atoms with Crippen molar-refractivity contribution in [3.05, 3.63) is 125 Å². The van der Waals surface area contributed by atoms with Gasteiger partial charge in [-0.05, 0) is 70.7 Å². The van der Waals surface area contributed by atoms with Crippen molar-refractivity contribution >= 4 is 27.5 Å². The van der Waals surface area contributed by atoms with Crippen molar-refractivity contribution in [1.29, 1.82) is 0 Å². The molecular formula is C36H39NO5S.